The number of hydrogen-bond acceptors (Lipinski definition) is 5. The Labute approximate surface area is 202 Å². The Morgan fingerprint density at radius 3 is 2.18 bits per heavy atom. The molecule has 3 aromatic rings. The molecule has 3 rings (SSSR count). The van der Waals surface area contributed by atoms with Crippen LogP contribution in [0.15, 0.2) is 48.5 Å². The van der Waals surface area contributed by atoms with Gasteiger partial charge in [-0.3, -0.25) is 10.1 Å². The highest BCUT2D eigenvalue weighted by atomic mass is 127. The number of esters is 1. The maximum Gasteiger partial charge on any atom is 0.342 e. The van der Waals surface area contributed by atoms with Gasteiger partial charge in [-0.05, 0) is 40.8 Å². The monoisotopic (exact) mass is 589 g/mol. The predicted octanol–water partition coefficient (Wildman–Crippen LogP) is 5.76. The lowest BCUT2D eigenvalue weighted by Gasteiger charge is -2.13. The maximum absolute atomic E-state index is 14.0. The molecule has 0 spiro atoms. The molecule has 0 heterocycles. The SMILES string of the molecule is O=C(Nc1ccc([N+](=O)[O-])cc1)Nc1ccccc1COC(=O)c1c(F)c(F)c(F)c(F)c1I. The number of non-ortho nitro benzene ring substituents is 1. The lowest BCUT2D eigenvalue weighted by molar-refractivity contribution is -0.384. The third kappa shape index (κ3) is 5.41. The minimum Gasteiger partial charge on any atom is -0.457 e. The van der Waals surface area contributed by atoms with Crippen LogP contribution >= 0.6 is 22.6 Å². The van der Waals surface area contributed by atoms with E-state index in [4.69, 9.17) is 4.74 Å². The molecular weight excluding hydrogens is 577 g/mol. The van der Waals surface area contributed by atoms with Crippen LogP contribution in [0.25, 0.3) is 0 Å². The Morgan fingerprint density at radius 1 is 0.912 bits per heavy atom. The largest absolute Gasteiger partial charge is 0.457 e. The Kier molecular flexibility index (Phi) is 7.65. The van der Waals surface area contributed by atoms with Gasteiger partial charge in [0.1, 0.15) is 12.2 Å². The number of nitro benzene ring substituents is 1. The molecule has 8 nitrogen and oxygen atoms in total. The normalized spacial score (nSPS) is 10.5. The van der Waals surface area contributed by atoms with Crippen LogP contribution in [0.4, 0.5) is 39.4 Å². The van der Waals surface area contributed by atoms with Crippen LogP contribution in [-0.4, -0.2) is 16.9 Å². The summed E-state index contributed by atoms with van der Waals surface area (Å²) in [5.74, 6) is -9.25. The molecule has 13 heteroatoms. The van der Waals surface area contributed by atoms with Crippen molar-refractivity contribution in [1.29, 1.82) is 0 Å². The van der Waals surface area contributed by atoms with E-state index in [1.807, 2.05) is 0 Å². The number of rotatable bonds is 6. The Morgan fingerprint density at radius 2 is 1.53 bits per heavy atom. The van der Waals surface area contributed by atoms with E-state index >= 15 is 0 Å². The summed E-state index contributed by atoms with van der Waals surface area (Å²) in [7, 11) is 0. The zero-order chi connectivity index (χ0) is 25.0. The van der Waals surface area contributed by atoms with Crippen molar-refractivity contribution in [3.63, 3.8) is 0 Å². The number of amides is 2. The summed E-state index contributed by atoms with van der Waals surface area (Å²) in [5.41, 5.74) is -0.574. The van der Waals surface area contributed by atoms with Crippen molar-refractivity contribution in [2.45, 2.75) is 6.61 Å². The summed E-state index contributed by atoms with van der Waals surface area (Å²) in [6.07, 6.45) is 0. The van der Waals surface area contributed by atoms with Gasteiger partial charge < -0.3 is 15.4 Å². The fraction of sp³-hybridized carbons (Fsp3) is 0.0476. The third-order valence-corrected chi connectivity index (χ3v) is 5.39. The first kappa shape index (κ1) is 24.9. The number of carbonyl (C=O) groups is 2. The van der Waals surface area contributed by atoms with Crippen LogP contribution in [0, 0.1) is 37.0 Å². The van der Waals surface area contributed by atoms with E-state index in [2.05, 4.69) is 10.6 Å². The van der Waals surface area contributed by atoms with Gasteiger partial charge in [0.25, 0.3) is 5.69 Å². The number of ether oxygens (including phenoxy) is 1. The summed E-state index contributed by atoms with van der Waals surface area (Å²) in [6, 6.07) is 10.3. The van der Waals surface area contributed by atoms with E-state index in [-0.39, 0.29) is 22.6 Å². The van der Waals surface area contributed by atoms with E-state index in [0.29, 0.717) is 0 Å². The van der Waals surface area contributed by atoms with Crippen molar-refractivity contribution in [2.24, 2.45) is 0 Å². The molecule has 2 N–H and O–H groups in total. The van der Waals surface area contributed by atoms with Crippen LogP contribution in [0.1, 0.15) is 15.9 Å². The molecule has 0 aliphatic heterocycles. The summed E-state index contributed by atoms with van der Waals surface area (Å²) in [4.78, 5) is 34.6. The van der Waals surface area contributed by atoms with Crippen molar-refractivity contribution >= 4 is 51.7 Å². The maximum atomic E-state index is 14.0. The van der Waals surface area contributed by atoms with E-state index in [9.17, 15) is 37.3 Å². The summed E-state index contributed by atoms with van der Waals surface area (Å²) < 4.78 is 58.7. The zero-order valence-corrected chi connectivity index (χ0v) is 18.9. The highest BCUT2D eigenvalue weighted by molar-refractivity contribution is 14.1. The number of carbonyl (C=O) groups excluding carboxylic acids is 2. The molecule has 176 valence electrons. The van der Waals surface area contributed by atoms with Gasteiger partial charge in [-0.25, -0.2) is 27.2 Å². The fourth-order valence-electron chi connectivity index (χ4n) is 2.72. The number of nitro groups is 1. The molecule has 0 radical (unpaired) electrons. The number of para-hydroxylation sites is 1. The van der Waals surface area contributed by atoms with Gasteiger partial charge in [0.2, 0.25) is 0 Å². The number of nitrogens with zero attached hydrogens (tertiary/aromatic N) is 1. The first-order valence-electron chi connectivity index (χ1n) is 9.19. The lowest BCUT2D eigenvalue weighted by Crippen LogP contribution is -2.20. The van der Waals surface area contributed by atoms with Crippen LogP contribution in [-0.2, 0) is 11.3 Å². The average molecular weight is 589 g/mol. The molecule has 3 aromatic carbocycles. The van der Waals surface area contributed by atoms with Crippen molar-refractivity contribution in [3.8, 4) is 0 Å². The van der Waals surface area contributed by atoms with E-state index in [1.54, 1.807) is 12.1 Å². The lowest BCUT2D eigenvalue weighted by atomic mass is 10.1. The first-order valence-corrected chi connectivity index (χ1v) is 10.3. The van der Waals surface area contributed by atoms with Crippen molar-refractivity contribution in [3.05, 3.63) is 96.6 Å². The molecule has 0 saturated heterocycles. The van der Waals surface area contributed by atoms with Crippen LogP contribution in [0.3, 0.4) is 0 Å². The smallest absolute Gasteiger partial charge is 0.342 e. The van der Waals surface area contributed by atoms with Crippen LogP contribution in [0.2, 0.25) is 0 Å². The summed E-state index contributed by atoms with van der Waals surface area (Å²) in [5, 5.41) is 15.6. The molecule has 0 unspecified atom stereocenters. The predicted molar refractivity (Wildman–Crippen MR) is 120 cm³/mol. The zero-order valence-electron chi connectivity index (χ0n) is 16.7. The van der Waals surface area contributed by atoms with Gasteiger partial charge in [0.05, 0.1) is 8.49 Å². The highest BCUT2D eigenvalue weighted by Crippen LogP contribution is 2.27. The Balaban J connectivity index is 1.71. The van der Waals surface area contributed by atoms with Crippen molar-refractivity contribution < 1.29 is 36.8 Å². The minimum absolute atomic E-state index is 0.162. The summed E-state index contributed by atoms with van der Waals surface area (Å²) >= 11 is 1.16. The van der Waals surface area contributed by atoms with Gasteiger partial charge >= 0.3 is 12.0 Å². The van der Waals surface area contributed by atoms with E-state index in [1.165, 1.54) is 36.4 Å². The first-order chi connectivity index (χ1) is 16.1. The van der Waals surface area contributed by atoms with Gasteiger partial charge in [-0.2, -0.15) is 0 Å². The topological polar surface area (TPSA) is 111 Å². The number of hydrogen-bond donors (Lipinski definition) is 2. The second-order valence-corrected chi connectivity index (χ2v) is 7.64. The fourth-order valence-corrected chi connectivity index (χ4v) is 3.41. The number of halogens is 5. The van der Waals surface area contributed by atoms with Gasteiger partial charge in [0, 0.05) is 29.1 Å². The molecule has 0 atom stereocenters. The molecule has 0 saturated carbocycles. The quantitative estimate of drug-likeness (QED) is 0.0724. The van der Waals surface area contributed by atoms with Gasteiger partial charge in [-0.1, -0.05) is 18.2 Å². The number of anilines is 2. The van der Waals surface area contributed by atoms with E-state index < -0.39 is 55.9 Å². The van der Waals surface area contributed by atoms with Crippen LogP contribution in [0.5, 0.6) is 0 Å². The second-order valence-electron chi connectivity index (χ2n) is 6.56. The summed E-state index contributed by atoms with van der Waals surface area (Å²) in [6.45, 7) is -0.525. The second kappa shape index (κ2) is 10.5. The molecule has 0 aromatic heterocycles. The molecule has 34 heavy (non-hydrogen) atoms. The average Bonchev–Trinajstić information content (AvgIpc) is 2.81. The van der Waals surface area contributed by atoms with Gasteiger partial charge in [-0.15, -0.1) is 0 Å². The number of nitrogens with one attached hydrogen (secondary N) is 2. The molecule has 0 fully saturated rings. The molecule has 2 amide bonds. The standard InChI is InChI=1S/C21H12F4IN3O5/c22-15-14(19(26)18(25)17(24)16(15)23)20(30)34-9-10-3-1-2-4-13(10)28-21(31)27-11-5-7-12(8-6-11)29(32)33/h1-8H,9H2,(H2,27,28,31). The molecule has 0 aliphatic rings. The molecular formula is C21H12F4IN3O5. The third-order valence-electron chi connectivity index (χ3n) is 4.37. The Hall–Kier alpha value is -3.75. The Bertz CT molecular complexity index is 1260. The van der Waals surface area contributed by atoms with Crippen LogP contribution < -0.4 is 10.6 Å². The van der Waals surface area contributed by atoms with Crippen molar-refractivity contribution in [2.75, 3.05) is 10.6 Å². The highest BCUT2D eigenvalue weighted by Gasteiger charge is 2.29. The number of benzene rings is 3. The van der Waals surface area contributed by atoms with E-state index in [0.717, 1.165) is 22.6 Å². The molecule has 0 aliphatic carbocycles. The molecule has 0 bridgehead atoms. The number of urea groups is 1. The van der Waals surface area contributed by atoms with Gasteiger partial charge in [0.15, 0.2) is 23.3 Å². The minimum atomic E-state index is -2.14. The van der Waals surface area contributed by atoms with Crippen molar-refractivity contribution in [1.82, 2.24) is 0 Å².